The van der Waals surface area contributed by atoms with Gasteiger partial charge in [0, 0.05) is 48.3 Å². The maximum atomic E-state index is 16.1. The fraction of sp³-hybridized carbons (Fsp3) is 0.600. The number of amides is 2. The molecule has 2 saturated carbocycles. The fourth-order valence-corrected chi connectivity index (χ4v) is 9.67. The Hall–Kier alpha value is -2.59. The third-order valence-electron chi connectivity index (χ3n) is 11.8. The van der Waals surface area contributed by atoms with Crippen molar-refractivity contribution in [3.05, 3.63) is 57.6 Å². The first-order valence-corrected chi connectivity index (χ1v) is 17.1. The number of benzene rings is 1. The molecule has 0 bridgehead atoms. The van der Waals surface area contributed by atoms with Crippen molar-refractivity contribution in [3.63, 3.8) is 0 Å². The molecule has 4 fully saturated rings. The number of nitrogens with zero attached hydrogens (tertiary/aromatic N) is 2. The average Bonchev–Trinajstić information content (AvgIpc) is 3.46. The Kier molecular flexibility index (Phi) is 8.02. The van der Waals surface area contributed by atoms with Crippen molar-refractivity contribution in [1.82, 2.24) is 9.88 Å². The average molecular weight is 673 g/mol. The molecule has 2 aliphatic carbocycles. The second-order valence-electron chi connectivity index (χ2n) is 15.0. The Morgan fingerprint density at radius 3 is 2.54 bits per heavy atom. The van der Waals surface area contributed by atoms with Crippen molar-refractivity contribution < 1.29 is 28.6 Å². The van der Waals surface area contributed by atoms with Crippen LogP contribution in [0.25, 0.3) is 0 Å². The van der Waals surface area contributed by atoms with Crippen LogP contribution in [-0.4, -0.2) is 64.5 Å². The van der Waals surface area contributed by atoms with Gasteiger partial charge < -0.3 is 20.1 Å². The molecule has 46 heavy (non-hydrogen) atoms. The second-order valence-corrected chi connectivity index (χ2v) is 15.8. The number of likely N-dealkylation sites (tertiary alicyclic amines) is 1. The van der Waals surface area contributed by atoms with Crippen molar-refractivity contribution >= 4 is 46.5 Å². The van der Waals surface area contributed by atoms with Crippen molar-refractivity contribution in [3.8, 4) is 0 Å². The van der Waals surface area contributed by atoms with Crippen molar-refractivity contribution in [2.75, 3.05) is 25.0 Å². The number of halogens is 3. The van der Waals surface area contributed by atoms with Crippen LogP contribution in [0.5, 0.6) is 0 Å². The van der Waals surface area contributed by atoms with Crippen LogP contribution in [0, 0.1) is 28.5 Å². The van der Waals surface area contributed by atoms with Gasteiger partial charge in [-0.1, -0.05) is 43.1 Å². The van der Waals surface area contributed by atoms with Crippen LogP contribution in [0.2, 0.25) is 10.2 Å². The zero-order valence-electron chi connectivity index (χ0n) is 26.2. The van der Waals surface area contributed by atoms with Gasteiger partial charge in [0.2, 0.25) is 5.91 Å². The van der Waals surface area contributed by atoms with Crippen molar-refractivity contribution in [1.29, 1.82) is 0 Å². The monoisotopic (exact) mass is 671 g/mol. The molecular formula is C35H40Cl2FN3O5. The van der Waals surface area contributed by atoms with Gasteiger partial charge in [-0.15, -0.1) is 0 Å². The Balaban J connectivity index is 1.26. The molecule has 246 valence electrons. The van der Waals surface area contributed by atoms with Crippen LogP contribution in [0.1, 0.15) is 82.3 Å². The van der Waals surface area contributed by atoms with Crippen LogP contribution in [0.15, 0.2) is 30.5 Å². The lowest BCUT2D eigenvalue weighted by atomic mass is 9.51. The highest BCUT2D eigenvalue weighted by molar-refractivity contribution is 6.31. The van der Waals surface area contributed by atoms with Gasteiger partial charge in [-0.2, -0.15) is 0 Å². The first kappa shape index (κ1) is 32.0. The minimum Gasteiger partial charge on any atom is -0.389 e. The first-order chi connectivity index (χ1) is 21.8. The molecule has 2 aromatic rings. The lowest BCUT2D eigenvalue weighted by Crippen LogP contribution is -2.57. The lowest BCUT2D eigenvalue weighted by Gasteiger charge is -2.51. The molecule has 1 aromatic carbocycles. The molecule has 2 spiro atoms. The number of β-amino-alcohol motifs (C(OH)–C–C–N with tert-alkyl or cyclic N) is 1. The van der Waals surface area contributed by atoms with Gasteiger partial charge in [0.1, 0.15) is 11.9 Å². The fourth-order valence-electron chi connectivity index (χ4n) is 9.34. The van der Waals surface area contributed by atoms with Gasteiger partial charge in [0.15, 0.2) is 11.0 Å². The Bertz CT molecular complexity index is 1580. The summed E-state index contributed by atoms with van der Waals surface area (Å²) in [5, 5.41) is 12.9. The van der Waals surface area contributed by atoms with Crippen LogP contribution in [-0.2, 0) is 24.5 Å². The largest absolute Gasteiger partial charge is 0.389 e. The summed E-state index contributed by atoms with van der Waals surface area (Å²) in [6.07, 6.45) is 5.36. The molecule has 5 aliphatic rings. The van der Waals surface area contributed by atoms with E-state index in [9.17, 15) is 19.5 Å². The van der Waals surface area contributed by atoms with Crippen LogP contribution >= 0.6 is 23.2 Å². The quantitative estimate of drug-likeness (QED) is 0.374. The zero-order valence-corrected chi connectivity index (χ0v) is 27.7. The highest BCUT2D eigenvalue weighted by Crippen LogP contribution is 2.72. The van der Waals surface area contributed by atoms with E-state index in [0.29, 0.717) is 43.1 Å². The molecule has 1 aromatic heterocycles. The molecule has 11 heteroatoms. The molecule has 5 atom stereocenters. The maximum absolute atomic E-state index is 16.1. The van der Waals surface area contributed by atoms with E-state index in [4.69, 9.17) is 27.9 Å². The van der Waals surface area contributed by atoms with Gasteiger partial charge in [0.05, 0.1) is 18.1 Å². The number of aliphatic hydroxyl groups excluding tert-OH is 1. The van der Waals surface area contributed by atoms with E-state index in [1.165, 1.54) is 6.20 Å². The number of hydrogen-bond acceptors (Lipinski definition) is 6. The summed E-state index contributed by atoms with van der Waals surface area (Å²) in [6.45, 7) is 5.37. The molecule has 3 aliphatic heterocycles. The van der Waals surface area contributed by atoms with Gasteiger partial charge >= 0.3 is 0 Å². The predicted molar refractivity (Wildman–Crippen MR) is 171 cm³/mol. The number of ketones is 1. The minimum atomic E-state index is -1.21. The van der Waals surface area contributed by atoms with Gasteiger partial charge in [-0.05, 0) is 91.0 Å². The maximum Gasteiger partial charge on any atom is 0.251 e. The zero-order chi connectivity index (χ0) is 32.6. The van der Waals surface area contributed by atoms with E-state index < -0.39 is 40.7 Å². The number of carbonyl (C=O) groups excluding carboxylic acids is 3. The topological polar surface area (TPSA) is 109 Å². The molecule has 0 unspecified atom stereocenters. The lowest BCUT2D eigenvalue weighted by molar-refractivity contribution is -0.158. The van der Waals surface area contributed by atoms with Gasteiger partial charge in [-0.3, -0.25) is 14.4 Å². The SMILES string of the molecule is CC1(C)CCC2(CC1)C[C@@H](C(=O)C[C@@H]1CC[C@@H](C(=O)N3CC(O)C3)OC1)[C@H](c1ccnc(Cl)c1F)[C@]21C(=O)Nc2cc(Cl)ccc21. The highest BCUT2D eigenvalue weighted by Gasteiger charge is 2.72. The number of Topliss-reactive ketones (excluding diaryl/α,β-unsaturated/α-hetero) is 1. The number of aliphatic hydroxyl groups is 1. The summed E-state index contributed by atoms with van der Waals surface area (Å²) in [7, 11) is 0. The summed E-state index contributed by atoms with van der Waals surface area (Å²) < 4.78 is 22.1. The first-order valence-electron chi connectivity index (χ1n) is 16.4. The summed E-state index contributed by atoms with van der Waals surface area (Å²) in [4.78, 5) is 47.5. The molecule has 2 amide bonds. The summed E-state index contributed by atoms with van der Waals surface area (Å²) in [5.74, 6) is -2.64. The van der Waals surface area contributed by atoms with Crippen molar-refractivity contribution in [2.45, 2.75) is 88.8 Å². The standard InChI is InChI=1S/C35H40Cl2FN3O5/c1-33(2)8-10-34(11-9-33)15-23(26(43)13-19-3-6-27(46-18-19)31(44)41-16-21(42)17-41)28(22-7-12-39-30(37)29(22)38)35(34)24-5-4-20(36)14-25(24)40-32(35)45/h4-5,7,12,14,19,21,23,27-28,42H,3,6,8-11,13,15-18H2,1-2H3,(H,40,45)/t19-,23-,27-,28-,35+/m0/s1. The second kappa shape index (κ2) is 11.5. The number of pyridine rings is 1. The van der Waals surface area contributed by atoms with E-state index in [1.54, 1.807) is 23.1 Å². The highest BCUT2D eigenvalue weighted by atomic mass is 35.5. The van der Waals surface area contributed by atoms with E-state index in [1.807, 2.05) is 6.07 Å². The third-order valence-corrected chi connectivity index (χ3v) is 12.3. The number of carbonyl (C=O) groups is 3. The molecular weight excluding hydrogens is 632 g/mol. The van der Waals surface area contributed by atoms with E-state index in [-0.39, 0.29) is 52.7 Å². The number of nitrogens with one attached hydrogen (secondary N) is 1. The molecule has 2 N–H and O–H groups in total. The normalized spacial score (nSPS) is 31.5. The van der Waals surface area contributed by atoms with E-state index in [2.05, 4.69) is 24.1 Å². The van der Waals surface area contributed by atoms with Gasteiger partial charge in [0.25, 0.3) is 5.91 Å². The smallest absolute Gasteiger partial charge is 0.251 e. The molecule has 7 rings (SSSR count). The van der Waals surface area contributed by atoms with Crippen molar-refractivity contribution in [2.24, 2.45) is 22.7 Å². The summed E-state index contributed by atoms with van der Waals surface area (Å²) in [5.41, 5.74) is -0.132. The minimum absolute atomic E-state index is 0.0297. The third kappa shape index (κ3) is 4.99. The molecule has 4 heterocycles. The summed E-state index contributed by atoms with van der Waals surface area (Å²) >= 11 is 12.7. The van der Waals surface area contributed by atoms with E-state index >= 15 is 4.39 Å². The Morgan fingerprint density at radius 1 is 1.13 bits per heavy atom. The molecule has 2 saturated heterocycles. The summed E-state index contributed by atoms with van der Waals surface area (Å²) in [6, 6.07) is 6.96. The number of hydrogen-bond donors (Lipinski definition) is 2. The number of anilines is 1. The Labute approximate surface area is 278 Å². The van der Waals surface area contributed by atoms with E-state index in [0.717, 1.165) is 31.2 Å². The number of ether oxygens (including phenoxy) is 1. The predicted octanol–water partition coefficient (Wildman–Crippen LogP) is 6.07. The number of rotatable bonds is 5. The van der Waals surface area contributed by atoms with Crippen LogP contribution in [0.3, 0.4) is 0 Å². The van der Waals surface area contributed by atoms with Gasteiger partial charge in [-0.25, -0.2) is 9.37 Å². The molecule has 8 nitrogen and oxygen atoms in total. The van der Waals surface area contributed by atoms with Crippen LogP contribution in [0.4, 0.5) is 10.1 Å². The van der Waals surface area contributed by atoms with Crippen LogP contribution < -0.4 is 5.32 Å². The number of aromatic nitrogens is 1. The Morgan fingerprint density at radius 2 is 1.87 bits per heavy atom. The number of fused-ring (bicyclic) bond motifs is 3. The molecule has 0 radical (unpaired) electrons.